The molecule has 0 unspecified atom stereocenters. The highest BCUT2D eigenvalue weighted by Gasteiger charge is 2.15. The summed E-state index contributed by atoms with van der Waals surface area (Å²) < 4.78 is 0. The van der Waals surface area contributed by atoms with E-state index in [9.17, 15) is 9.59 Å². The Labute approximate surface area is 169 Å². The predicted octanol–water partition coefficient (Wildman–Crippen LogP) is 4.07. The van der Waals surface area contributed by atoms with E-state index in [0.717, 1.165) is 27.5 Å². The van der Waals surface area contributed by atoms with Crippen LogP contribution in [-0.2, 0) is 16.0 Å². The number of amides is 2. The van der Waals surface area contributed by atoms with Crippen LogP contribution < -0.4 is 5.32 Å². The molecule has 1 heterocycles. The summed E-state index contributed by atoms with van der Waals surface area (Å²) in [6, 6.07) is 15.7. The predicted molar refractivity (Wildman–Crippen MR) is 113 cm³/mol. The first-order chi connectivity index (χ1) is 13.4. The number of hydrogen-bond donors (Lipinski definition) is 1. The van der Waals surface area contributed by atoms with Crippen LogP contribution in [0.25, 0.3) is 10.6 Å². The van der Waals surface area contributed by atoms with Crippen LogP contribution in [0.5, 0.6) is 0 Å². The van der Waals surface area contributed by atoms with Crippen LogP contribution in [0.4, 0.5) is 5.69 Å². The molecule has 0 atom stereocenters. The summed E-state index contributed by atoms with van der Waals surface area (Å²) in [5, 5.41) is 5.59. The van der Waals surface area contributed by atoms with Crippen LogP contribution in [0.15, 0.2) is 53.9 Å². The number of carbonyl (C=O) groups is 2. The lowest BCUT2D eigenvalue weighted by Gasteiger charge is -2.16. The van der Waals surface area contributed by atoms with Crippen LogP contribution >= 0.6 is 11.3 Å². The summed E-state index contributed by atoms with van der Waals surface area (Å²) in [4.78, 5) is 30.6. The Kier molecular flexibility index (Phi) is 6.21. The van der Waals surface area contributed by atoms with Crippen molar-refractivity contribution in [3.63, 3.8) is 0 Å². The molecule has 1 aromatic heterocycles. The monoisotopic (exact) mass is 393 g/mol. The Bertz CT molecular complexity index is 962. The van der Waals surface area contributed by atoms with Crippen molar-refractivity contribution in [2.24, 2.45) is 0 Å². The molecule has 0 aliphatic rings. The second-order valence-corrected chi connectivity index (χ2v) is 7.71. The van der Waals surface area contributed by atoms with Crippen molar-refractivity contribution in [2.75, 3.05) is 18.9 Å². The standard InChI is InChI=1S/C22H23N3O2S/c1-15-4-8-17(9-5-15)22-24-19(14-28-22)12-21(27)25(3)13-20(26)23-18-10-6-16(2)7-11-18/h4-11,14H,12-13H2,1-3H3,(H,23,26). The van der Waals surface area contributed by atoms with Crippen LogP contribution in [0, 0.1) is 13.8 Å². The Hall–Kier alpha value is -2.99. The first-order valence-electron chi connectivity index (χ1n) is 9.02. The lowest BCUT2D eigenvalue weighted by atomic mass is 10.2. The number of anilines is 1. The minimum atomic E-state index is -0.224. The molecule has 0 saturated heterocycles. The van der Waals surface area contributed by atoms with Gasteiger partial charge in [0.25, 0.3) is 0 Å². The molecule has 1 N–H and O–H groups in total. The molecule has 0 bridgehead atoms. The maximum Gasteiger partial charge on any atom is 0.243 e. The first-order valence-corrected chi connectivity index (χ1v) is 9.90. The number of benzene rings is 2. The molecule has 0 fully saturated rings. The summed E-state index contributed by atoms with van der Waals surface area (Å²) in [6.45, 7) is 4.03. The van der Waals surface area contributed by atoms with Crippen molar-refractivity contribution in [1.82, 2.24) is 9.88 Å². The molecule has 3 aromatic rings. The third kappa shape index (κ3) is 5.27. The summed E-state index contributed by atoms with van der Waals surface area (Å²) in [7, 11) is 1.63. The maximum absolute atomic E-state index is 12.4. The Balaban J connectivity index is 1.54. The highest BCUT2D eigenvalue weighted by Crippen LogP contribution is 2.24. The molecule has 0 radical (unpaired) electrons. The average Bonchev–Trinajstić information content (AvgIpc) is 3.12. The first kappa shape index (κ1) is 19.8. The minimum absolute atomic E-state index is 0.00165. The van der Waals surface area contributed by atoms with Crippen molar-refractivity contribution in [3.05, 3.63) is 70.7 Å². The Morgan fingerprint density at radius 3 is 2.25 bits per heavy atom. The quantitative estimate of drug-likeness (QED) is 0.687. The Morgan fingerprint density at radius 2 is 1.61 bits per heavy atom. The summed E-state index contributed by atoms with van der Waals surface area (Å²) in [6.07, 6.45) is 0.177. The van der Waals surface area contributed by atoms with Crippen molar-refractivity contribution in [2.45, 2.75) is 20.3 Å². The van der Waals surface area contributed by atoms with Gasteiger partial charge >= 0.3 is 0 Å². The molecule has 0 spiro atoms. The molecule has 144 valence electrons. The van der Waals surface area contributed by atoms with Crippen LogP contribution in [0.2, 0.25) is 0 Å². The van der Waals surface area contributed by atoms with E-state index in [-0.39, 0.29) is 24.8 Å². The molecule has 0 aliphatic heterocycles. The van der Waals surface area contributed by atoms with E-state index in [1.807, 2.05) is 67.8 Å². The third-order valence-corrected chi connectivity index (χ3v) is 5.26. The molecule has 5 nitrogen and oxygen atoms in total. The number of hydrogen-bond acceptors (Lipinski definition) is 4. The van der Waals surface area contributed by atoms with Gasteiger partial charge in [-0.2, -0.15) is 0 Å². The van der Waals surface area contributed by atoms with Gasteiger partial charge in [0.2, 0.25) is 11.8 Å². The lowest BCUT2D eigenvalue weighted by Crippen LogP contribution is -2.35. The molecule has 2 aromatic carbocycles. The summed E-state index contributed by atoms with van der Waals surface area (Å²) in [5.74, 6) is -0.363. The van der Waals surface area contributed by atoms with Gasteiger partial charge in [-0.25, -0.2) is 4.98 Å². The fraction of sp³-hybridized carbons (Fsp3) is 0.227. The number of likely N-dealkylation sites (N-methyl/N-ethyl adjacent to an activating group) is 1. The zero-order valence-electron chi connectivity index (χ0n) is 16.2. The second-order valence-electron chi connectivity index (χ2n) is 6.85. The number of aromatic nitrogens is 1. The van der Waals surface area contributed by atoms with Gasteiger partial charge in [0.05, 0.1) is 18.7 Å². The highest BCUT2D eigenvalue weighted by atomic mass is 32.1. The largest absolute Gasteiger partial charge is 0.336 e. The second kappa shape index (κ2) is 8.80. The molecule has 2 amide bonds. The molecule has 3 rings (SSSR count). The number of nitrogens with zero attached hydrogens (tertiary/aromatic N) is 2. The summed E-state index contributed by atoms with van der Waals surface area (Å²) >= 11 is 1.52. The normalized spacial score (nSPS) is 10.5. The van der Waals surface area contributed by atoms with Gasteiger partial charge < -0.3 is 10.2 Å². The van der Waals surface area contributed by atoms with Gasteiger partial charge in [-0.3, -0.25) is 9.59 Å². The van der Waals surface area contributed by atoms with Gasteiger partial charge in [0.15, 0.2) is 0 Å². The van der Waals surface area contributed by atoms with E-state index in [4.69, 9.17) is 0 Å². The van der Waals surface area contributed by atoms with Crippen molar-refractivity contribution in [3.8, 4) is 10.6 Å². The van der Waals surface area contributed by atoms with E-state index in [2.05, 4.69) is 10.3 Å². The van der Waals surface area contributed by atoms with Crippen LogP contribution in [0.3, 0.4) is 0 Å². The van der Waals surface area contributed by atoms with Crippen LogP contribution in [-0.4, -0.2) is 35.3 Å². The molecular formula is C22H23N3O2S. The van der Waals surface area contributed by atoms with Crippen molar-refractivity contribution >= 4 is 28.8 Å². The van der Waals surface area contributed by atoms with Crippen molar-refractivity contribution in [1.29, 1.82) is 0 Å². The van der Waals surface area contributed by atoms with E-state index >= 15 is 0 Å². The third-order valence-electron chi connectivity index (χ3n) is 4.32. The number of carbonyl (C=O) groups excluding carboxylic acids is 2. The van der Waals surface area contributed by atoms with Crippen molar-refractivity contribution < 1.29 is 9.59 Å². The summed E-state index contributed by atoms with van der Waals surface area (Å²) in [5.41, 5.74) is 4.80. The molecule has 0 aliphatic carbocycles. The van der Waals surface area contributed by atoms with E-state index in [1.165, 1.54) is 21.8 Å². The average molecular weight is 394 g/mol. The highest BCUT2D eigenvalue weighted by molar-refractivity contribution is 7.13. The fourth-order valence-corrected chi connectivity index (χ4v) is 3.47. The number of aryl methyl sites for hydroxylation is 2. The molecule has 6 heteroatoms. The van der Waals surface area contributed by atoms with Gasteiger partial charge in [-0.05, 0) is 26.0 Å². The smallest absolute Gasteiger partial charge is 0.243 e. The SMILES string of the molecule is Cc1ccc(NC(=O)CN(C)C(=O)Cc2csc(-c3ccc(C)cc3)n2)cc1. The minimum Gasteiger partial charge on any atom is -0.336 e. The maximum atomic E-state index is 12.4. The Morgan fingerprint density at radius 1 is 1.00 bits per heavy atom. The lowest BCUT2D eigenvalue weighted by molar-refractivity contribution is -0.132. The molecule has 28 heavy (non-hydrogen) atoms. The number of rotatable bonds is 6. The van der Waals surface area contributed by atoms with Gasteiger partial charge in [-0.1, -0.05) is 47.5 Å². The zero-order valence-corrected chi connectivity index (χ0v) is 17.0. The topological polar surface area (TPSA) is 62.3 Å². The van der Waals surface area contributed by atoms with E-state index in [0.29, 0.717) is 0 Å². The number of thiazole rings is 1. The number of nitrogens with one attached hydrogen (secondary N) is 1. The molecule has 0 saturated carbocycles. The van der Waals surface area contributed by atoms with E-state index in [1.54, 1.807) is 7.05 Å². The zero-order chi connectivity index (χ0) is 20.1. The van der Waals surface area contributed by atoms with Gasteiger partial charge in [0, 0.05) is 23.7 Å². The molecular weight excluding hydrogens is 370 g/mol. The van der Waals surface area contributed by atoms with Crippen LogP contribution in [0.1, 0.15) is 16.8 Å². The van der Waals surface area contributed by atoms with E-state index < -0.39 is 0 Å². The van der Waals surface area contributed by atoms with Gasteiger partial charge in [0.1, 0.15) is 5.01 Å². The van der Waals surface area contributed by atoms with Gasteiger partial charge in [-0.15, -0.1) is 11.3 Å². The fourth-order valence-electron chi connectivity index (χ4n) is 2.65.